The van der Waals surface area contributed by atoms with Gasteiger partial charge in [0, 0.05) is 6.42 Å². The topological polar surface area (TPSA) is 0 Å². The monoisotopic (exact) mass is 80.1 g/mol. The molecular weight excluding hydrogens is 72.1 g/mol. The molecule has 0 spiro atoms. The molecule has 0 amide bonds. The van der Waals surface area contributed by atoms with Gasteiger partial charge in [-0.3, -0.25) is 0 Å². The fourth-order valence-electron chi connectivity index (χ4n) is 0.204. The summed E-state index contributed by atoms with van der Waals surface area (Å²) in [6.45, 7) is 5.12. The molecule has 0 heteroatoms. The quantitative estimate of drug-likeness (QED) is 0.348. The minimum absolute atomic E-state index is 0.712. The van der Waals surface area contributed by atoms with Crippen molar-refractivity contribution >= 4 is 0 Å². The molecule has 32 valence electrons. The van der Waals surface area contributed by atoms with Crippen LogP contribution >= 0.6 is 0 Å². The second kappa shape index (κ2) is 4.56. The van der Waals surface area contributed by atoms with Crippen LogP contribution < -0.4 is 0 Å². The molecule has 0 heterocycles. The average Bonchev–Trinajstić information content (AvgIpc) is 1.61. The summed E-state index contributed by atoms with van der Waals surface area (Å²) in [5.74, 6) is 2.49. The fraction of sp³-hybridized carbons (Fsp3) is 0.500. The van der Waals surface area contributed by atoms with E-state index in [0.717, 1.165) is 12.8 Å². The van der Waals surface area contributed by atoms with Crippen LogP contribution in [-0.4, -0.2) is 0 Å². The molecule has 2 radical (unpaired) electrons. The fourth-order valence-corrected chi connectivity index (χ4v) is 0.204. The van der Waals surface area contributed by atoms with Crippen molar-refractivity contribution in [2.45, 2.75) is 19.3 Å². The van der Waals surface area contributed by atoms with Gasteiger partial charge in [-0.05, 0) is 19.8 Å². The highest BCUT2D eigenvalue weighted by atomic mass is 13.8. The molecule has 0 saturated heterocycles. The Hall–Kier alpha value is -0.440. The van der Waals surface area contributed by atoms with Crippen molar-refractivity contribution in [1.82, 2.24) is 0 Å². The number of unbranched alkanes of at least 4 members (excludes halogenated alkanes) is 2. The van der Waals surface area contributed by atoms with E-state index in [0.29, 0.717) is 6.42 Å². The maximum Gasteiger partial charge on any atom is 0.00861 e. The Labute approximate surface area is 39.6 Å². The lowest BCUT2D eigenvalue weighted by atomic mass is 10.3. The highest BCUT2D eigenvalue weighted by Crippen LogP contribution is 1.88. The molecule has 0 rings (SSSR count). The van der Waals surface area contributed by atoms with Gasteiger partial charge in [-0.25, -0.2) is 0 Å². The maximum atomic E-state index is 5.12. The van der Waals surface area contributed by atoms with Crippen molar-refractivity contribution in [3.63, 3.8) is 0 Å². The van der Waals surface area contributed by atoms with Crippen LogP contribution in [0.5, 0.6) is 0 Å². The highest BCUT2D eigenvalue weighted by molar-refractivity contribution is 4.82. The number of rotatable bonds is 2. The van der Waals surface area contributed by atoms with Crippen molar-refractivity contribution in [1.29, 1.82) is 0 Å². The molecule has 0 nitrogen and oxygen atoms in total. The summed E-state index contributed by atoms with van der Waals surface area (Å²) in [5.41, 5.74) is 0. The van der Waals surface area contributed by atoms with Gasteiger partial charge in [-0.1, -0.05) is 0 Å². The molecule has 0 aromatic carbocycles. The van der Waals surface area contributed by atoms with E-state index >= 15 is 0 Å². The Morgan fingerprint density at radius 1 is 1.50 bits per heavy atom. The third-order valence-electron chi connectivity index (χ3n) is 0.525. The lowest BCUT2D eigenvalue weighted by molar-refractivity contribution is 0.883. The van der Waals surface area contributed by atoms with Crippen molar-refractivity contribution in [2.75, 3.05) is 0 Å². The van der Waals surface area contributed by atoms with E-state index < -0.39 is 0 Å². The van der Waals surface area contributed by atoms with E-state index in [2.05, 4.69) is 5.92 Å². The summed E-state index contributed by atoms with van der Waals surface area (Å²) < 4.78 is 0. The minimum atomic E-state index is 0.712. The third kappa shape index (κ3) is 3.56. The van der Waals surface area contributed by atoms with Crippen molar-refractivity contribution < 1.29 is 0 Å². The van der Waals surface area contributed by atoms with Crippen LogP contribution in [0.3, 0.4) is 0 Å². The zero-order valence-corrected chi connectivity index (χ0v) is 3.78. The molecule has 6 heavy (non-hydrogen) atoms. The Kier molecular flexibility index (Phi) is 4.23. The summed E-state index contributed by atoms with van der Waals surface area (Å²) in [6, 6.07) is 0. The van der Waals surface area contributed by atoms with E-state index in [-0.39, 0.29) is 0 Å². The number of hydrogen-bond donors (Lipinski definition) is 0. The Morgan fingerprint density at radius 3 is 2.33 bits per heavy atom. The van der Waals surface area contributed by atoms with Crippen LogP contribution in [0.1, 0.15) is 19.3 Å². The molecule has 0 aliphatic heterocycles. The first-order chi connectivity index (χ1) is 2.91. The standard InChI is InChI=1S/C6H8/c1-3-5-6-4-2/h1-2H,3,5-6H2. The van der Waals surface area contributed by atoms with Crippen LogP contribution in [0.15, 0.2) is 0 Å². The minimum Gasteiger partial charge on any atom is -0.120 e. The van der Waals surface area contributed by atoms with Gasteiger partial charge in [-0.15, -0.1) is 12.3 Å². The van der Waals surface area contributed by atoms with Crippen LogP contribution in [0, 0.1) is 19.3 Å². The normalized spacial score (nSPS) is 7.33. The van der Waals surface area contributed by atoms with Gasteiger partial charge < -0.3 is 0 Å². The molecule has 0 saturated carbocycles. The number of terminal acetylenes is 1. The first kappa shape index (κ1) is 5.56. The van der Waals surface area contributed by atoms with Gasteiger partial charge >= 0.3 is 0 Å². The van der Waals surface area contributed by atoms with Crippen LogP contribution in [-0.2, 0) is 0 Å². The second-order valence-corrected chi connectivity index (χ2v) is 1.10. The largest absolute Gasteiger partial charge is 0.120 e. The summed E-state index contributed by atoms with van der Waals surface area (Å²) in [7, 11) is 0. The summed E-state index contributed by atoms with van der Waals surface area (Å²) in [5, 5.41) is 0. The van der Waals surface area contributed by atoms with E-state index in [4.69, 9.17) is 13.3 Å². The van der Waals surface area contributed by atoms with Gasteiger partial charge in [0.25, 0.3) is 0 Å². The Bertz CT molecular complexity index is 47.5. The van der Waals surface area contributed by atoms with E-state index in [1.54, 1.807) is 0 Å². The highest BCUT2D eigenvalue weighted by Gasteiger charge is 1.72. The molecule has 0 fully saturated rings. The first-order valence-corrected chi connectivity index (χ1v) is 2.05. The number of hydrogen-bond acceptors (Lipinski definition) is 0. The van der Waals surface area contributed by atoms with Gasteiger partial charge in [-0.2, -0.15) is 0 Å². The van der Waals surface area contributed by atoms with Crippen LogP contribution in [0.4, 0.5) is 0 Å². The van der Waals surface area contributed by atoms with Gasteiger partial charge in [0.15, 0.2) is 0 Å². The lowest BCUT2D eigenvalue weighted by Gasteiger charge is -1.79. The molecule has 0 bridgehead atoms. The van der Waals surface area contributed by atoms with Crippen LogP contribution in [0.25, 0.3) is 0 Å². The molecule has 0 aromatic heterocycles. The predicted octanol–water partition coefficient (Wildman–Crippen LogP) is 1.50. The van der Waals surface area contributed by atoms with Crippen LogP contribution in [0.2, 0.25) is 0 Å². The SMILES string of the molecule is [CH]CCCC#C. The summed E-state index contributed by atoms with van der Waals surface area (Å²) >= 11 is 0. The van der Waals surface area contributed by atoms with Gasteiger partial charge in [0.1, 0.15) is 0 Å². The second-order valence-electron chi connectivity index (χ2n) is 1.10. The molecule has 0 aromatic rings. The Balaban J connectivity index is 2.54. The lowest BCUT2D eigenvalue weighted by Crippen LogP contribution is -1.63. The van der Waals surface area contributed by atoms with Gasteiger partial charge in [0.2, 0.25) is 0 Å². The average molecular weight is 80.1 g/mol. The van der Waals surface area contributed by atoms with Crippen molar-refractivity contribution in [3.05, 3.63) is 6.92 Å². The zero-order valence-electron chi connectivity index (χ0n) is 3.78. The smallest absolute Gasteiger partial charge is 0.00861 e. The Morgan fingerprint density at radius 2 is 2.17 bits per heavy atom. The van der Waals surface area contributed by atoms with E-state index in [1.165, 1.54) is 0 Å². The van der Waals surface area contributed by atoms with E-state index in [1.807, 2.05) is 0 Å². The maximum absolute atomic E-state index is 5.12. The molecule has 0 aliphatic rings. The van der Waals surface area contributed by atoms with Gasteiger partial charge in [0.05, 0.1) is 0 Å². The predicted molar refractivity (Wildman–Crippen MR) is 27.0 cm³/mol. The third-order valence-corrected chi connectivity index (χ3v) is 0.525. The molecule has 0 N–H and O–H groups in total. The summed E-state index contributed by atoms with van der Waals surface area (Å²) in [6.07, 6.45) is 7.39. The molecule has 0 unspecified atom stereocenters. The van der Waals surface area contributed by atoms with Crippen molar-refractivity contribution in [2.24, 2.45) is 0 Å². The van der Waals surface area contributed by atoms with E-state index in [9.17, 15) is 0 Å². The molecule has 0 aliphatic carbocycles. The van der Waals surface area contributed by atoms with Crippen molar-refractivity contribution in [3.8, 4) is 12.3 Å². The zero-order chi connectivity index (χ0) is 4.83. The summed E-state index contributed by atoms with van der Waals surface area (Å²) in [4.78, 5) is 0. The first-order valence-electron chi connectivity index (χ1n) is 2.05. The molecular formula is C6H8. The molecule has 0 atom stereocenters.